The second-order valence-corrected chi connectivity index (χ2v) is 14.9. The second-order valence-electron chi connectivity index (χ2n) is 13.5. The number of unbranched alkanes of at least 4 members (excludes halogenated alkanes) is 16. The Labute approximate surface area is 314 Å². The van der Waals surface area contributed by atoms with Gasteiger partial charge >= 0.3 is 19.8 Å². The van der Waals surface area contributed by atoms with Gasteiger partial charge in [-0.05, 0) is 32.1 Å². The number of allylic oxidation sites excluding steroid dienone is 5. The van der Waals surface area contributed by atoms with Crippen LogP contribution in [0.4, 0.5) is 0 Å². The molecule has 0 bridgehead atoms. The number of phosphoric ester groups is 1. The van der Waals surface area contributed by atoms with E-state index in [2.05, 4.69) is 30.5 Å². The number of esters is 2. The largest absolute Gasteiger partial charge is 0.472 e. The van der Waals surface area contributed by atoms with Crippen molar-refractivity contribution >= 4 is 19.8 Å². The molecule has 0 aliphatic rings. The summed E-state index contributed by atoms with van der Waals surface area (Å²) in [6, 6.07) is 0. The number of carbonyl (C=O) groups excluding carboxylic acids is 2. The molecule has 0 aromatic rings. The maximum atomic E-state index is 12.6. The molecular formula is C40H73O11P. The number of hydrogen-bond donors (Lipinski definition) is 4. The molecule has 11 nitrogen and oxygen atoms in total. The summed E-state index contributed by atoms with van der Waals surface area (Å²) >= 11 is 0. The topological polar surface area (TPSA) is 169 Å². The smallest absolute Gasteiger partial charge is 0.462 e. The second kappa shape index (κ2) is 36.1. The number of carbonyl (C=O) groups is 2. The summed E-state index contributed by atoms with van der Waals surface area (Å²) in [5.41, 5.74) is 0. The average Bonchev–Trinajstić information content (AvgIpc) is 3.12. The first-order valence-electron chi connectivity index (χ1n) is 20.1. The molecule has 0 aromatic heterocycles. The molecule has 0 heterocycles. The highest BCUT2D eigenvalue weighted by atomic mass is 31.2. The van der Waals surface area contributed by atoms with Crippen LogP contribution in [-0.4, -0.2) is 76.9 Å². The first kappa shape index (κ1) is 50.1. The van der Waals surface area contributed by atoms with E-state index in [-0.39, 0.29) is 19.4 Å². The first-order valence-corrected chi connectivity index (χ1v) is 21.5. The van der Waals surface area contributed by atoms with Crippen molar-refractivity contribution in [2.75, 3.05) is 26.4 Å². The third-order valence-electron chi connectivity index (χ3n) is 8.41. The van der Waals surface area contributed by atoms with E-state index in [1.54, 1.807) is 6.08 Å². The van der Waals surface area contributed by atoms with E-state index in [4.69, 9.17) is 19.1 Å². The Morgan fingerprint density at radius 1 is 0.654 bits per heavy atom. The van der Waals surface area contributed by atoms with Crippen molar-refractivity contribution in [3.8, 4) is 0 Å². The molecule has 12 heteroatoms. The Hall–Kier alpha value is -1.85. The highest BCUT2D eigenvalue weighted by Gasteiger charge is 2.27. The Bertz CT molecular complexity index is 985. The summed E-state index contributed by atoms with van der Waals surface area (Å²) in [6.07, 6.45) is 31.3. The lowest BCUT2D eigenvalue weighted by atomic mass is 10.0. The van der Waals surface area contributed by atoms with E-state index < -0.39 is 57.9 Å². The average molecular weight is 761 g/mol. The zero-order chi connectivity index (χ0) is 38.5. The molecule has 52 heavy (non-hydrogen) atoms. The van der Waals surface area contributed by atoms with Gasteiger partial charge in [0.15, 0.2) is 6.10 Å². The Morgan fingerprint density at radius 2 is 1.19 bits per heavy atom. The van der Waals surface area contributed by atoms with Crippen LogP contribution in [0.1, 0.15) is 162 Å². The van der Waals surface area contributed by atoms with Crippen molar-refractivity contribution in [3.63, 3.8) is 0 Å². The molecule has 0 spiro atoms. The van der Waals surface area contributed by atoms with Crippen LogP contribution in [0.5, 0.6) is 0 Å². The standard InChI is InChI=1S/C40H73O11P/c1-3-5-7-9-11-12-13-14-15-16-18-22-27-31-40(45)51-38(35-50-52(46,47)49-33-37(43)32-41)34-48-39(44)30-26-23-19-21-25-29-36(42)28-24-20-17-10-8-6-4-2/h6,8,17,20,24,28,36-38,41-43H,3-5,7,9-16,18-19,21-23,25-27,29-35H2,1-2H3,(H,46,47)/b8-6+,20-17+,28-24+/t36?,37-,38+/m0/s1. The van der Waals surface area contributed by atoms with Gasteiger partial charge in [0.05, 0.1) is 25.9 Å². The van der Waals surface area contributed by atoms with Crippen LogP contribution < -0.4 is 0 Å². The van der Waals surface area contributed by atoms with Crippen molar-refractivity contribution in [1.82, 2.24) is 0 Å². The lowest BCUT2D eigenvalue weighted by Crippen LogP contribution is -2.29. The van der Waals surface area contributed by atoms with Gasteiger partial charge in [-0.2, -0.15) is 0 Å². The van der Waals surface area contributed by atoms with Gasteiger partial charge in [0.25, 0.3) is 0 Å². The minimum absolute atomic E-state index is 0.166. The van der Waals surface area contributed by atoms with Crippen molar-refractivity contribution in [3.05, 3.63) is 36.5 Å². The molecule has 0 aromatic carbocycles. The maximum absolute atomic E-state index is 12.6. The Morgan fingerprint density at radius 3 is 1.77 bits per heavy atom. The van der Waals surface area contributed by atoms with Crippen LogP contribution in [0.2, 0.25) is 0 Å². The molecule has 0 fully saturated rings. The van der Waals surface area contributed by atoms with Gasteiger partial charge in [0.2, 0.25) is 0 Å². The molecule has 0 saturated heterocycles. The summed E-state index contributed by atoms with van der Waals surface area (Å²) in [7, 11) is -4.63. The minimum Gasteiger partial charge on any atom is -0.462 e. The molecule has 0 radical (unpaired) electrons. The molecule has 0 amide bonds. The fourth-order valence-corrected chi connectivity index (χ4v) is 6.08. The molecule has 4 atom stereocenters. The SMILES string of the molecule is CC/C=C/C/C=C/C=C/C(O)CCCCCCCC(=O)OC[C@H](COP(=O)(O)OC[C@@H](O)CO)OC(=O)CCCCCCCCCCCCCCC. The molecule has 0 aliphatic heterocycles. The predicted octanol–water partition coefficient (Wildman–Crippen LogP) is 8.97. The van der Waals surface area contributed by atoms with E-state index in [9.17, 15) is 29.3 Å². The number of aliphatic hydroxyl groups excluding tert-OH is 3. The van der Waals surface area contributed by atoms with E-state index >= 15 is 0 Å². The van der Waals surface area contributed by atoms with Crippen LogP contribution in [0.25, 0.3) is 0 Å². The Balaban J connectivity index is 4.42. The minimum atomic E-state index is -4.63. The highest BCUT2D eigenvalue weighted by Crippen LogP contribution is 2.43. The predicted molar refractivity (Wildman–Crippen MR) is 207 cm³/mol. The molecule has 304 valence electrons. The zero-order valence-electron chi connectivity index (χ0n) is 32.4. The molecular weight excluding hydrogens is 687 g/mol. The first-order chi connectivity index (χ1) is 25.1. The number of hydrogen-bond acceptors (Lipinski definition) is 10. The number of ether oxygens (including phenoxy) is 2. The van der Waals surface area contributed by atoms with Crippen molar-refractivity contribution < 1.29 is 52.9 Å². The van der Waals surface area contributed by atoms with Gasteiger partial charge < -0.3 is 29.7 Å². The van der Waals surface area contributed by atoms with Crippen LogP contribution in [0.15, 0.2) is 36.5 Å². The van der Waals surface area contributed by atoms with Gasteiger partial charge in [-0.1, -0.05) is 153 Å². The molecule has 0 aliphatic carbocycles. The fourth-order valence-electron chi connectivity index (χ4n) is 5.29. The maximum Gasteiger partial charge on any atom is 0.472 e. The summed E-state index contributed by atoms with van der Waals surface area (Å²) in [5.74, 6) is -1.00. The monoisotopic (exact) mass is 760 g/mol. The number of phosphoric acid groups is 1. The third kappa shape index (κ3) is 35.2. The summed E-state index contributed by atoms with van der Waals surface area (Å²) in [6.45, 7) is 2.13. The summed E-state index contributed by atoms with van der Waals surface area (Å²) in [4.78, 5) is 34.9. The molecule has 0 saturated carbocycles. The summed E-state index contributed by atoms with van der Waals surface area (Å²) < 4.78 is 32.6. The van der Waals surface area contributed by atoms with Crippen LogP contribution in [0, 0.1) is 0 Å². The number of rotatable bonds is 37. The van der Waals surface area contributed by atoms with Crippen molar-refractivity contribution in [2.45, 2.75) is 180 Å². The molecule has 2 unspecified atom stereocenters. The summed E-state index contributed by atoms with van der Waals surface area (Å²) in [5, 5.41) is 28.4. The van der Waals surface area contributed by atoms with Crippen molar-refractivity contribution in [2.24, 2.45) is 0 Å². The van der Waals surface area contributed by atoms with E-state index in [1.807, 2.05) is 18.2 Å². The normalized spacial score (nSPS) is 15.0. The van der Waals surface area contributed by atoms with Crippen LogP contribution in [0.3, 0.4) is 0 Å². The van der Waals surface area contributed by atoms with Crippen LogP contribution in [-0.2, 0) is 32.7 Å². The quantitative estimate of drug-likeness (QED) is 0.0157. The molecule has 4 N–H and O–H groups in total. The van der Waals surface area contributed by atoms with E-state index in [0.29, 0.717) is 19.3 Å². The van der Waals surface area contributed by atoms with E-state index in [1.165, 1.54) is 57.8 Å². The zero-order valence-corrected chi connectivity index (χ0v) is 33.3. The van der Waals surface area contributed by atoms with Crippen LogP contribution >= 0.6 is 7.82 Å². The van der Waals surface area contributed by atoms with E-state index in [0.717, 1.165) is 57.8 Å². The number of aliphatic hydroxyl groups is 3. The third-order valence-corrected chi connectivity index (χ3v) is 9.36. The van der Waals surface area contributed by atoms with Crippen molar-refractivity contribution in [1.29, 1.82) is 0 Å². The van der Waals surface area contributed by atoms with Gasteiger partial charge in [-0.15, -0.1) is 0 Å². The van der Waals surface area contributed by atoms with Gasteiger partial charge in [0, 0.05) is 12.8 Å². The van der Waals surface area contributed by atoms with Gasteiger partial charge in [-0.3, -0.25) is 18.6 Å². The van der Waals surface area contributed by atoms with Gasteiger partial charge in [-0.25, -0.2) is 4.57 Å². The fraction of sp³-hybridized carbons (Fsp3) is 0.800. The lowest BCUT2D eigenvalue weighted by molar-refractivity contribution is -0.161. The van der Waals surface area contributed by atoms with Gasteiger partial charge in [0.1, 0.15) is 12.7 Å². The highest BCUT2D eigenvalue weighted by molar-refractivity contribution is 7.47. The lowest BCUT2D eigenvalue weighted by Gasteiger charge is -2.20. The molecule has 0 rings (SSSR count). The Kier molecular flexibility index (Phi) is 34.9.